The van der Waals surface area contributed by atoms with E-state index in [1.807, 2.05) is 54.6 Å². The molecule has 7 heteroatoms. The van der Waals surface area contributed by atoms with Gasteiger partial charge in [-0.3, -0.25) is 14.4 Å². The number of carbonyl (C=O) groups excluding carboxylic acids is 3. The first kappa shape index (κ1) is 25.4. The molecule has 6 nitrogen and oxygen atoms in total. The summed E-state index contributed by atoms with van der Waals surface area (Å²) in [5.41, 5.74) is 2.99. The van der Waals surface area contributed by atoms with E-state index in [9.17, 15) is 18.8 Å². The Morgan fingerprint density at radius 3 is 2.12 bits per heavy atom. The average Bonchev–Trinajstić information content (AvgIpc) is 3.23. The van der Waals surface area contributed by atoms with Gasteiger partial charge >= 0.3 is 0 Å². The quantitative estimate of drug-likeness (QED) is 0.621. The number of rotatable bonds is 8. The number of halogens is 1. The first-order valence-corrected chi connectivity index (χ1v) is 11.8. The van der Waals surface area contributed by atoms with E-state index in [4.69, 9.17) is 0 Å². The number of hydrogen-bond acceptors (Lipinski definition) is 3. The summed E-state index contributed by atoms with van der Waals surface area (Å²) in [5, 5.41) is 5.60. The van der Waals surface area contributed by atoms with Gasteiger partial charge in [0.15, 0.2) is 0 Å². The fourth-order valence-corrected chi connectivity index (χ4v) is 4.09. The molecular weight excluding hydrogens is 433 g/mol. The van der Waals surface area contributed by atoms with Crippen LogP contribution in [0.4, 0.5) is 4.39 Å². The molecule has 1 saturated heterocycles. The van der Waals surface area contributed by atoms with E-state index >= 15 is 0 Å². The molecule has 34 heavy (non-hydrogen) atoms. The summed E-state index contributed by atoms with van der Waals surface area (Å²) in [6, 6.07) is 16.3. The van der Waals surface area contributed by atoms with Crippen LogP contribution in [0.15, 0.2) is 54.6 Å². The van der Waals surface area contributed by atoms with E-state index < -0.39 is 30.1 Å². The molecule has 2 aromatic carbocycles. The Balaban J connectivity index is 1.79. The van der Waals surface area contributed by atoms with Gasteiger partial charge in [-0.25, -0.2) is 4.39 Å². The van der Waals surface area contributed by atoms with E-state index in [1.54, 1.807) is 13.8 Å². The highest BCUT2D eigenvalue weighted by Gasteiger charge is 2.40. The minimum atomic E-state index is -1.29. The molecule has 0 saturated carbocycles. The molecule has 0 aromatic heterocycles. The monoisotopic (exact) mass is 467 g/mol. The summed E-state index contributed by atoms with van der Waals surface area (Å²) in [5.74, 6) is -1.03. The molecule has 1 aliphatic rings. The van der Waals surface area contributed by atoms with E-state index in [0.717, 1.165) is 11.1 Å². The van der Waals surface area contributed by atoms with E-state index in [2.05, 4.69) is 24.5 Å². The van der Waals surface area contributed by atoms with Gasteiger partial charge in [-0.05, 0) is 22.6 Å². The molecule has 3 rings (SSSR count). The number of benzene rings is 2. The van der Waals surface area contributed by atoms with Gasteiger partial charge in [0.2, 0.25) is 17.7 Å². The molecule has 0 unspecified atom stereocenters. The van der Waals surface area contributed by atoms with Crippen molar-refractivity contribution in [2.24, 2.45) is 5.92 Å². The Labute approximate surface area is 200 Å². The van der Waals surface area contributed by atoms with Gasteiger partial charge in [-0.2, -0.15) is 0 Å². The molecule has 1 heterocycles. The molecule has 0 bridgehead atoms. The number of amides is 3. The maximum Gasteiger partial charge on any atom is 0.243 e. The topological polar surface area (TPSA) is 78.5 Å². The molecule has 3 atom stereocenters. The van der Waals surface area contributed by atoms with Crippen LogP contribution in [0.1, 0.15) is 62.8 Å². The van der Waals surface area contributed by atoms with Crippen LogP contribution < -0.4 is 10.6 Å². The van der Waals surface area contributed by atoms with Crippen molar-refractivity contribution in [3.63, 3.8) is 0 Å². The van der Waals surface area contributed by atoms with Crippen molar-refractivity contribution in [1.82, 2.24) is 15.5 Å². The fraction of sp³-hybridized carbons (Fsp3) is 0.444. The Morgan fingerprint density at radius 1 is 0.941 bits per heavy atom. The lowest BCUT2D eigenvalue weighted by molar-refractivity contribution is -0.139. The number of nitrogens with zero attached hydrogens (tertiary/aromatic N) is 1. The summed E-state index contributed by atoms with van der Waals surface area (Å²) in [7, 11) is 0. The molecule has 1 fully saturated rings. The highest BCUT2D eigenvalue weighted by Crippen LogP contribution is 2.27. The highest BCUT2D eigenvalue weighted by atomic mass is 19.1. The maximum absolute atomic E-state index is 14.3. The van der Waals surface area contributed by atoms with Gasteiger partial charge in [-0.1, -0.05) is 82.3 Å². The standard InChI is InChI=1S/C27H34FN3O3/c1-17(2)19-10-12-21(13-11-19)25(20-8-6-5-7-9-20)30-27(34)23-14-22(28)16-31(23)24(32)15-29-26(33)18(3)4/h5-13,17-18,22-23,25H,14-16H2,1-4H3,(H,29,33)(H,30,34)/t22-,23+,25+/m1/s1. The molecule has 182 valence electrons. The number of carbonyl (C=O) groups is 3. The number of alkyl halides is 1. The van der Waals surface area contributed by atoms with E-state index in [1.165, 1.54) is 10.5 Å². The first-order valence-electron chi connectivity index (χ1n) is 11.8. The lowest BCUT2D eigenvalue weighted by atomic mass is 9.95. The second kappa shape index (κ2) is 11.3. The Bertz CT molecular complexity index is 992. The van der Waals surface area contributed by atoms with Crippen molar-refractivity contribution in [3.05, 3.63) is 71.3 Å². The van der Waals surface area contributed by atoms with E-state index in [0.29, 0.717) is 5.92 Å². The van der Waals surface area contributed by atoms with Crippen molar-refractivity contribution >= 4 is 17.7 Å². The number of hydrogen-bond donors (Lipinski definition) is 2. The predicted octanol–water partition coefficient (Wildman–Crippen LogP) is 3.73. The van der Waals surface area contributed by atoms with Crippen LogP contribution >= 0.6 is 0 Å². The van der Waals surface area contributed by atoms with Crippen molar-refractivity contribution < 1.29 is 18.8 Å². The molecule has 0 radical (unpaired) electrons. The molecule has 1 aliphatic heterocycles. The van der Waals surface area contributed by atoms with Crippen LogP contribution in [0.3, 0.4) is 0 Å². The number of likely N-dealkylation sites (tertiary alicyclic amines) is 1. The van der Waals surface area contributed by atoms with Crippen LogP contribution in [0, 0.1) is 5.92 Å². The SMILES string of the molecule is CC(C)C(=O)NCC(=O)N1C[C@H](F)C[C@H]1C(=O)N[C@@H](c1ccccc1)c1ccc(C(C)C)cc1. The molecule has 0 spiro atoms. The molecule has 3 amide bonds. The van der Waals surface area contributed by atoms with Crippen molar-refractivity contribution in [3.8, 4) is 0 Å². The third-order valence-electron chi connectivity index (χ3n) is 6.17. The van der Waals surface area contributed by atoms with Crippen LogP contribution in [0.25, 0.3) is 0 Å². The minimum absolute atomic E-state index is 0.0660. The highest BCUT2D eigenvalue weighted by molar-refractivity contribution is 5.91. The van der Waals surface area contributed by atoms with Gasteiger partial charge in [0, 0.05) is 12.3 Å². The summed E-state index contributed by atoms with van der Waals surface area (Å²) in [6.07, 6.45) is -1.36. The number of nitrogens with one attached hydrogen (secondary N) is 2. The fourth-order valence-electron chi connectivity index (χ4n) is 4.09. The Hall–Kier alpha value is -3.22. The second-order valence-corrected chi connectivity index (χ2v) is 9.44. The van der Waals surface area contributed by atoms with Crippen LogP contribution in [-0.4, -0.2) is 47.9 Å². The second-order valence-electron chi connectivity index (χ2n) is 9.44. The normalized spacial score (nSPS) is 18.7. The zero-order valence-electron chi connectivity index (χ0n) is 20.3. The van der Waals surface area contributed by atoms with Gasteiger partial charge < -0.3 is 15.5 Å². The van der Waals surface area contributed by atoms with Gasteiger partial charge in [-0.15, -0.1) is 0 Å². The Kier molecular flexibility index (Phi) is 8.42. The Morgan fingerprint density at radius 2 is 1.53 bits per heavy atom. The van der Waals surface area contributed by atoms with Gasteiger partial charge in [0.1, 0.15) is 12.2 Å². The molecule has 2 aromatic rings. The summed E-state index contributed by atoms with van der Waals surface area (Å²) >= 11 is 0. The van der Waals surface area contributed by atoms with Crippen LogP contribution in [-0.2, 0) is 14.4 Å². The molecule has 0 aliphatic carbocycles. The van der Waals surface area contributed by atoms with Crippen molar-refractivity contribution in [2.75, 3.05) is 13.1 Å². The molecular formula is C27H34FN3O3. The third-order valence-corrected chi connectivity index (χ3v) is 6.17. The smallest absolute Gasteiger partial charge is 0.243 e. The molecule has 2 N–H and O–H groups in total. The van der Waals surface area contributed by atoms with Crippen LogP contribution in [0.2, 0.25) is 0 Å². The first-order chi connectivity index (χ1) is 16.2. The largest absolute Gasteiger partial charge is 0.347 e. The average molecular weight is 468 g/mol. The van der Waals surface area contributed by atoms with Crippen LogP contribution in [0.5, 0.6) is 0 Å². The van der Waals surface area contributed by atoms with Gasteiger partial charge in [0.25, 0.3) is 0 Å². The van der Waals surface area contributed by atoms with Crippen molar-refractivity contribution in [2.45, 2.75) is 58.3 Å². The van der Waals surface area contributed by atoms with E-state index in [-0.39, 0.29) is 31.3 Å². The van der Waals surface area contributed by atoms with Crippen molar-refractivity contribution in [1.29, 1.82) is 0 Å². The predicted molar refractivity (Wildman–Crippen MR) is 130 cm³/mol. The lowest BCUT2D eigenvalue weighted by Crippen LogP contribution is -2.50. The lowest BCUT2D eigenvalue weighted by Gasteiger charge is -2.27. The summed E-state index contributed by atoms with van der Waals surface area (Å²) in [4.78, 5) is 39.1. The maximum atomic E-state index is 14.3. The minimum Gasteiger partial charge on any atom is -0.347 e. The summed E-state index contributed by atoms with van der Waals surface area (Å²) < 4.78 is 14.3. The van der Waals surface area contributed by atoms with Gasteiger partial charge in [0.05, 0.1) is 19.1 Å². The zero-order valence-corrected chi connectivity index (χ0v) is 20.3. The summed E-state index contributed by atoms with van der Waals surface area (Å²) in [6.45, 7) is 7.27. The third kappa shape index (κ3) is 6.22. The zero-order chi connectivity index (χ0) is 24.8.